The number of nitrogens with one attached hydrogen (secondary N) is 1. The highest BCUT2D eigenvalue weighted by molar-refractivity contribution is 5.96. The van der Waals surface area contributed by atoms with Gasteiger partial charge in [-0.05, 0) is 43.5 Å². The minimum absolute atomic E-state index is 0.00349. The van der Waals surface area contributed by atoms with Crippen LogP contribution in [0.3, 0.4) is 0 Å². The zero-order chi connectivity index (χ0) is 27.9. The summed E-state index contributed by atoms with van der Waals surface area (Å²) in [4.78, 5) is 39.9. The molecule has 4 atom stereocenters. The first-order valence-corrected chi connectivity index (χ1v) is 13.3. The van der Waals surface area contributed by atoms with Crippen molar-refractivity contribution in [3.05, 3.63) is 71.3 Å². The van der Waals surface area contributed by atoms with Crippen molar-refractivity contribution in [3.63, 3.8) is 0 Å². The number of rotatable bonds is 12. The highest BCUT2D eigenvalue weighted by atomic mass is 16.5. The Morgan fingerprint density at radius 2 is 1.82 bits per heavy atom. The van der Waals surface area contributed by atoms with Gasteiger partial charge in [-0.25, -0.2) is 0 Å². The molecule has 9 heteroatoms. The van der Waals surface area contributed by atoms with Crippen molar-refractivity contribution in [1.82, 2.24) is 10.2 Å². The SMILES string of the molecule is COc1ccccc1CCN(C(=O)CCCC(C)=O)C1C=C(C(=O)NCCO)C2c3ccccc3OC2C1O. The molecule has 39 heavy (non-hydrogen) atoms. The standard InChI is InChI=1S/C30H36N2O7/c1-19(34)8-7-13-26(35)32(16-14-20-9-3-5-11-24(20)38-2)23-18-22(30(37)31-15-17-33)27-21-10-4-6-12-25(21)39-29(27)28(23)36/h3-6,9-12,18,23,27-29,33,36H,7-8,13-17H2,1-2H3,(H,31,37). The van der Waals surface area contributed by atoms with Crippen LogP contribution in [0.5, 0.6) is 11.5 Å². The van der Waals surface area contributed by atoms with Gasteiger partial charge in [0.2, 0.25) is 11.8 Å². The molecular weight excluding hydrogens is 500 g/mol. The number of ketones is 1. The molecule has 1 aliphatic heterocycles. The molecule has 4 unspecified atom stereocenters. The van der Waals surface area contributed by atoms with E-state index >= 15 is 0 Å². The number of fused-ring (bicyclic) bond motifs is 3. The first-order chi connectivity index (χ1) is 18.8. The van der Waals surface area contributed by atoms with Crippen LogP contribution in [0.4, 0.5) is 0 Å². The number of aliphatic hydroxyl groups excluding tert-OH is 2. The number of nitrogens with zero attached hydrogens (tertiary/aromatic N) is 1. The molecule has 2 aromatic carbocycles. The van der Waals surface area contributed by atoms with Gasteiger partial charge < -0.3 is 34.7 Å². The topological polar surface area (TPSA) is 125 Å². The second kappa shape index (κ2) is 12.9. The Morgan fingerprint density at radius 3 is 2.56 bits per heavy atom. The summed E-state index contributed by atoms with van der Waals surface area (Å²) in [5, 5.41) is 23.6. The Hall–Kier alpha value is -3.69. The molecule has 4 rings (SSSR count). The van der Waals surface area contributed by atoms with Crippen LogP contribution < -0.4 is 14.8 Å². The molecule has 2 aliphatic rings. The highest BCUT2D eigenvalue weighted by Crippen LogP contribution is 2.47. The maximum Gasteiger partial charge on any atom is 0.247 e. The monoisotopic (exact) mass is 536 g/mol. The summed E-state index contributed by atoms with van der Waals surface area (Å²) in [7, 11) is 1.59. The quantitative estimate of drug-likeness (QED) is 0.380. The number of hydrogen-bond donors (Lipinski definition) is 3. The van der Waals surface area contributed by atoms with Gasteiger partial charge in [0.05, 0.1) is 25.7 Å². The van der Waals surface area contributed by atoms with Gasteiger partial charge in [-0.15, -0.1) is 0 Å². The average Bonchev–Trinajstić information content (AvgIpc) is 3.33. The number of benzene rings is 2. The number of hydrogen-bond acceptors (Lipinski definition) is 7. The summed E-state index contributed by atoms with van der Waals surface area (Å²) >= 11 is 0. The van der Waals surface area contributed by atoms with Crippen LogP contribution in [-0.2, 0) is 20.8 Å². The largest absolute Gasteiger partial charge is 0.496 e. The molecule has 2 amide bonds. The molecule has 1 aliphatic carbocycles. The van der Waals surface area contributed by atoms with Crippen LogP contribution >= 0.6 is 0 Å². The Balaban J connectivity index is 1.69. The lowest BCUT2D eigenvalue weighted by molar-refractivity contribution is -0.137. The van der Waals surface area contributed by atoms with Gasteiger partial charge in [0.25, 0.3) is 0 Å². The first-order valence-electron chi connectivity index (χ1n) is 13.3. The zero-order valence-corrected chi connectivity index (χ0v) is 22.3. The van der Waals surface area contributed by atoms with Crippen LogP contribution in [-0.4, -0.2) is 77.8 Å². The fraction of sp³-hybridized carbons (Fsp3) is 0.433. The lowest BCUT2D eigenvalue weighted by Gasteiger charge is -2.41. The fourth-order valence-corrected chi connectivity index (χ4v) is 5.41. The second-order valence-electron chi connectivity index (χ2n) is 9.89. The van der Waals surface area contributed by atoms with E-state index in [0.717, 1.165) is 11.1 Å². The molecule has 208 valence electrons. The van der Waals surface area contributed by atoms with Crippen molar-refractivity contribution < 1.29 is 34.1 Å². The lowest BCUT2D eigenvalue weighted by Crippen LogP contribution is -2.56. The van der Waals surface area contributed by atoms with E-state index in [1.165, 1.54) is 6.92 Å². The first kappa shape index (κ1) is 28.3. The van der Waals surface area contributed by atoms with Gasteiger partial charge in [0, 0.05) is 37.1 Å². The average molecular weight is 537 g/mol. The third-order valence-electron chi connectivity index (χ3n) is 7.29. The number of amides is 2. The summed E-state index contributed by atoms with van der Waals surface area (Å²) in [6.07, 6.45) is 1.05. The maximum absolute atomic E-state index is 13.6. The smallest absolute Gasteiger partial charge is 0.247 e. The third kappa shape index (κ3) is 6.32. The number of Topliss-reactive ketones (excluding diaryl/α,β-unsaturated/α-hetero) is 1. The van der Waals surface area contributed by atoms with E-state index in [1.807, 2.05) is 42.5 Å². The van der Waals surface area contributed by atoms with Crippen molar-refractivity contribution in [1.29, 1.82) is 0 Å². The van der Waals surface area contributed by atoms with Crippen molar-refractivity contribution in [2.24, 2.45) is 0 Å². The highest BCUT2D eigenvalue weighted by Gasteiger charge is 2.50. The van der Waals surface area contributed by atoms with Crippen LogP contribution in [0, 0.1) is 0 Å². The number of carbonyl (C=O) groups is 3. The molecule has 0 aromatic heterocycles. The minimum Gasteiger partial charge on any atom is -0.496 e. The van der Waals surface area contributed by atoms with Crippen molar-refractivity contribution in [2.45, 2.75) is 56.8 Å². The Bertz CT molecular complexity index is 1230. The summed E-state index contributed by atoms with van der Waals surface area (Å²) < 4.78 is 11.6. The second-order valence-corrected chi connectivity index (χ2v) is 9.89. The number of methoxy groups -OCH3 is 1. The van der Waals surface area contributed by atoms with Gasteiger partial charge in [-0.1, -0.05) is 36.4 Å². The summed E-state index contributed by atoms with van der Waals surface area (Å²) in [5.74, 6) is 0.153. The molecule has 0 saturated heterocycles. The van der Waals surface area contributed by atoms with Crippen molar-refractivity contribution in [3.8, 4) is 11.5 Å². The van der Waals surface area contributed by atoms with E-state index in [0.29, 0.717) is 29.9 Å². The molecule has 1 heterocycles. The molecule has 2 aromatic rings. The molecule has 0 spiro atoms. The Kier molecular flexibility index (Phi) is 9.37. The minimum atomic E-state index is -1.11. The Morgan fingerprint density at radius 1 is 1.08 bits per heavy atom. The molecule has 9 nitrogen and oxygen atoms in total. The van der Waals surface area contributed by atoms with Crippen LogP contribution in [0.2, 0.25) is 0 Å². The maximum atomic E-state index is 13.6. The zero-order valence-electron chi connectivity index (χ0n) is 22.3. The number of para-hydroxylation sites is 2. The normalized spacial score (nSPS) is 21.2. The molecule has 3 N–H and O–H groups in total. The third-order valence-corrected chi connectivity index (χ3v) is 7.29. The molecule has 0 saturated carbocycles. The van der Waals surface area contributed by atoms with E-state index in [2.05, 4.69) is 5.32 Å². The van der Waals surface area contributed by atoms with Gasteiger partial charge >= 0.3 is 0 Å². The summed E-state index contributed by atoms with van der Waals surface area (Å²) in [6, 6.07) is 14.0. The van der Waals surface area contributed by atoms with E-state index < -0.39 is 24.2 Å². The predicted octanol–water partition coefficient (Wildman–Crippen LogP) is 2.15. The number of ether oxygens (including phenoxy) is 2. The van der Waals surface area contributed by atoms with Crippen LogP contribution in [0.15, 0.2) is 60.2 Å². The van der Waals surface area contributed by atoms with E-state index in [9.17, 15) is 24.6 Å². The van der Waals surface area contributed by atoms with E-state index in [4.69, 9.17) is 9.47 Å². The molecule has 0 bridgehead atoms. The van der Waals surface area contributed by atoms with E-state index in [1.54, 1.807) is 24.2 Å². The van der Waals surface area contributed by atoms with Crippen molar-refractivity contribution >= 4 is 17.6 Å². The lowest BCUT2D eigenvalue weighted by atomic mass is 9.77. The van der Waals surface area contributed by atoms with Gasteiger partial charge in [-0.3, -0.25) is 9.59 Å². The fourth-order valence-electron chi connectivity index (χ4n) is 5.41. The van der Waals surface area contributed by atoms with Crippen molar-refractivity contribution in [2.75, 3.05) is 26.8 Å². The number of carbonyl (C=O) groups excluding carboxylic acids is 3. The van der Waals surface area contributed by atoms with E-state index in [-0.39, 0.29) is 50.1 Å². The molecule has 0 radical (unpaired) electrons. The molecular formula is C30H36N2O7. The Labute approximate surface area is 228 Å². The van der Waals surface area contributed by atoms with Gasteiger partial charge in [-0.2, -0.15) is 0 Å². The predicted molar refractivity (Wildman–Crippen MR) is 145 cm³/mol. The van der Waals surface area contributed by atoms with Gasteiger partial charge in [0.1, 0.15) is 29.5 Å². The molecule has 0 fully saturated rings. The number of aliphatic hydroxyl groups is 2. The van der Waals surface area contributed by atoms with Gasteiger partial charge in [0.15, 0.2) is 0 Å². The summed E-state index contributed by atoms with van der Waals surface area (Å²) in [6.45, 7) is 1.61. The summed E-state index contributed by atoms with van der Waals surface area (Å²) in [5.41, 5.74) is 2.07. The van der Waals surface area contributed by atoms with Crippen LogP contribution in [0.25, 0.3) is 0 Å². The van der Waals surface area contributed by atoms with Crippen LogP contribution in [0.1, 0.15) is 43.2 Å².